The summed E-state index contributed by atoms with van der Waals surface area (Å²) < 4.78 is 0. The standard InChI is InChI=1S/C19H23NO2S/c21-18(9-8-17-7-4-14-23-17)20-12-10-16(11-13-20)19(22)15-5-2-1-3-6-15/h1-7,14,16,19,22H,8-13H2. The van der Waals surface area contributed by atoms with Crippen LogP contribution in [0.15, 0.2) is 47.8 Å². The van der Waals surface area contributed by atoms with Gasteiger partial charge in [0.1, 0.15) is 0 Å². The lowest BCUT2D eigenvalue weighted by Crippen LogP contribution is -2.39. The first-order valence-corrected chi connectivity index (χ1v) is 9.15. The van der Waals surface area contributed by atoms with E-state index in [1.54, 1.807) is 11.3 Å². The summed E-state index contributed by atoms with van der Waals surface area (Å²) in [5.74, 6) is 0.491. The Morgan fingerprint density at radius 3 is 2.57 bits per heavy atom. The van der Waals surface area contributed by atoms with Gasteiger partial charge in [-0.05, 0) is 42.2 Å². The molecule has 1 aliphatic rings. The largest absolute Gasteiger partial charge is 0.388 e. The molecule has 1 aromatic heterocycles. The van der Waals surface area contributed by atoms with Crippen LogP contribution in [-0.2, 0) is 11.2 Å². The number of carbonyl (C=O) groups is 1. The van der Waals surface area contributed by atoms with Crippen LogP contribution >= 0.6 is 11.3 Å². The molecule has 1 N–H and O–H groups in total. The molecule has 1 fully saturated rings. The fourth-order valence-electron chi connectivity index (χ4n) is 3.23. The van der Waals surface area contributed by atoms with Crippen LogP contribution in [0.3, 0.4) is 0 Å². The number of nitrogens with zero attached hydrogens (tertiary/aromatic N) is 1. The van der Waals surface area contributed by atoms with E-state index in [-0.39, 0.29) is 11.8 Å². The number of aliphatic hydroxyl groups is 1. The molecule has 1 aromatic carbocycles. The Kier molecular flexibility index (Phi) is 5.47. The highest BCUT2D eigenvalue weighted by molar-refractivity contribution is 7.09. The number of amides is 1. The molecule has 1 amide bonds. The van der Waals surface area contributed by atoms with Crippen molar-refractivity contribution in [1.29, 1.82) is 0 Å². The number of benzene rings is 1. The van der Waals surface area contributed by atoms with Gasteiger partial charge in [-0.15, -0.1) is 11.3 Å². The maximum Gasteiger partial charge on any atom is 0.222 e. The number of hydrogen-bond donors (Lipinski definition) is 1. The molecule has 3 rings (SSSR count). The molecule has 0 radical (unpaired) electrons. The smallest absolute Gasteiger partial charge is 0.222 e. The third-order valence-corrected chi connectivity index (χ3v) is 5.58. The molecule has 0 bridgehead atoms. The number of rotatable bonds is 5. The average molecular weight is 329 g/mol. The molecular weight excluding hydrogens is 306 g/mol. The number of aryl methyl sites for hydroxylation is 1. The minimum Gasteiger partial charge on any atom is -0.388 e. The summed E-state index contributed by atoms with van der Waals surface area (Å²) in [5.41, 5.74) is 0.981. The maximum atomic E-state index is 12.3. The van der Waals surface area contributed by atoms with Gasteiger partial charge in [0, 0.05) is 24.4 Å². The highest BCUT2D eigenvalue weighted by Gasteiger charge is 2.27. The molecule has 1 aliphatic heterocycles. The van der Waals surface area contributed by atoms with Crippen molar-refractivity contribution in [2.75, 3.05) is 13.1 Å². The number of likely N-dealkylation sites (tertiary alicyclic amines) is 1. The van der Waals surface area contributed by atoms with Gasteiger partial charge in [-0.25, -0.2) is 0 Å². The van der Waals surface area contributed by atoms with Crippen molar-refractivity contribution in [3.05, 3.63) is 58.3 Å². The minimum absolute atomic E-state index is 0.242. The van der Waals surface area contributed by atoms with E-state index in [9.17, 15) is 9.90 Å². The SMILES string of the molecule is O=C(CCc1cccs1)N1CCC(C(O)c2ccccc2)CC1. The molecule has 1 atom stereocenters. The van der Waals surface area contributed by atoms with Gasteiger partial charge < -0.3 is 10.0 Å². The topological polar surface area (TPSA) is 40.5 Å². The second-order valence-corrected chi connectivity index (χ2v) is 7.19. The molecule has 2 aromatic rings. The van der Waals surface area contributed by atoms with Gasteiger partial charge in [-0.3, -0.25) is 4.79 Å². The van der Waals surface area contributed by atoms with Crippen molar-refractivity contribution in [3.63, 3.8) is 0 Å². The monoisotopic (exact) mass is 329 g/mol. The zero-order valence-electron chi connectivity index (χ0n) is 13.2. The first-order chi connectivity index (χ1) is 11.2. The number of hydrogen-bond acceptors (Lipinski definition) is 3. The number of piperidine rings is 1. The lowest BCUT2D eigenvalue weighted by Gasteiger charge is -2.34. The molecule has 0 aliphatic carbocycles. The Labute approximate surface area is 141 Å². The van der Waals surface area contributed by atoms with E-state index < -0.39 is 6.10 Å². The third-order valence-electron chi connectivity index (χ3n) is 4.65. The maximum absolute atomic E-state index is 12.3. The normalized spacial score (nSPS) is 17.2. The first kappa shape index (κ1) is 16.2. The molecule has 0 spiro atoms. The molecule has 122 valence electrons. The number of aliphatic hydroxyl groups excluding tert-OH is 1. The van der Waals surface area contributed by atoms with Crippen molar-refractivity contribution in [3.8, 4) is 0 Å². The highest BCUT2D eigenvalue weighted by atomic mass is 32.1. The van der Waals surface area contributed by atoms with Crippen LogP contribution in [-0.4, -0.2) is 29.0 Å². The number of carbonyl (C=O) groups excluding carboxylic acids is 1. The van der Waals surface area contributed by atoms with Gasteiger partial charge in [-0.1, -0.05) is 36.4 Å². The predicted octanol–water partition coefficient (Wildman–Crippen LogP) is 3.65. The van der Waals surface area contributed by atoms with Crippen molar-refractivity contribution < 1.29 is 9.90 Å². The van der Waals surface area contributed by atoms with Crippen molar-refractivity contribution in [2.45, 2.75) is 31.8 Å². The van der Waals surface area contributed by atoms with Crippen LogP contribution in [0.25, 0.3) is 0 Å². The summed E-state index contributed by atoms with van der Waals surface area (Å²) in [5, 5.41) is 12.5. The fourth-order valence-corrected chi connectivity index (χ4v) is 3.94. The van der Waals surface area contributed by atoms with E-state index in [0.717, 1.165) is 37.9 Å². The summed E-state index contributed by atoms with van der Waals surface area (Å²) >= 11 is 1.71. The van der Waals surface area contributed by atoms with Crippen LogP contribution in [0.2, 0.25) is 0 Å². The molecule has 4 heteroatoms. The first-order valence-electron chi connectivity index (χ1n) is 8.27. The predicted molar refractivity (Wildman–Crippen MR) is 93.3 cm³/mol. The van der Waals surface area contributed by atoms with E-state index in [1.165, 1.54) is 4.88 Å². The zero-order chi connectivity index (χ0) is 16.1. The van der Waals surface area contributed by atoms with Gasteiger partial charge in [0.15, 0.2) is 0 Å². The van der Waals surface area contributed by atoms with Gasteiger partial charge in [0.2, 0.25) is 5.91 Å². The summed E-state index contributed by atoms with van der Waals surface area (Å²) in [6.45, 7) is 1.52. The summed E-state index contributed by atoms with van der Waals surface area (Å²) in [6, 6.07) is 13.9. The van der Waals surface area contributed by atoms with Gasteiger partial charge in [0.05, 0.1) is 6.10 Å². The second-order valence-electron chi connectivity index (χ2n) is 6.15. The van der Waals surface area contributed by atoms with E-state index in [1.807, 2.05) is 41.3 Å². The van der Waals surface area contributed by atoms with Crippen LogP contribution in [0.5, 0.6) is 0 Å². The summed E-state index contributed by atoms with van der Waals surface area (Å²) in [6.07, 6.45) is 2.76. The Hall–Kier alpha value is -1.65. The molecule has 0 saturated carbocycles. The lowest BCUT2D eigenvalue weighted by molar-refractivity contribution is -0.133. The van der Waals surface area contributed by atoms with Crippen LogP contribution in [0, 0.1) is 5.92 Å². The number of thiophene rings is 1. The van der Waals surface area contributed by atoms with E-state index >= 15 is 0 Å². The van der Waals surface area contributed by atoms with E-state index in [4.69, 9.17) is 0 Å². The molecule has 1 saturated heterocycles. The fraction of sp³-hybridized carbons (Fsp3) is 0.421. The second kappa shape index (κ2) is 7.75. The molecule has 3 nitrogen and oxygen atoms in total. The van der Waals surface area contributed by atoms with Crippen molar-refractivity contribution in [1.82, 2.24) is 4.90 Å². The lowest BCUT2D eigenvalue weighted by atomic mass is 9.87. The Morgan fingerprint density at radius 2 is 1.91 bits per heavy atom. The van der Waals surface area contributed by atoms with Crippen LogP contribution in [0.4, 0.5) is 0 Å². The van der Waals surface area contributed by atoms with E-state index in [2.05, 4.69) is 11.4 Å². The highest BCUT2D eigenvalue weighted by Crippen LogP contribution is 2.30. The zero-order valence-corrected chi connectivity index (χ0v) is 14.0. The molecular formula is C19H23NO2S. The average Bonchev–Trinajstić information content (AvgIpc) is 3.13. The van der Waals surface area contributed by atoms with Crippen LogP contribution < -0.4 is 0 Å². The van der Waals surface area contributed by atoms with Gasteiger partial charge in [0.25, 0.3) is 0 Å². The van der Waals surface area contributed by atoms with E-state index in [0.29, 0.717) is 6.42 Å². The summed E-state index contributed by atoms with van der Waals surface area (Å²) in [7, 11) is 0. The van der Waals surface area contributed by atoms with Crippen molar-refractivity contribution in [2.24, 2.45) is 5.92 Å². The molecule has 2 heterocycles. The van der Waals surface area contributed by atoms with Crippen molar-refractivity contribution >= 4 is 17.2 Å². The van der Waals surface area contributed by atoms with Crippen LogP contribution in [0.1, 0.15) is 35.8 Å². The molecule has 1 unspecified atom stereocenters. The molecule has 23 heavy (non-hydrogen) atoms. The van der Waals surface area contributed by atoms with Gasteiger partial charge in [-0.2, -0.15) is 0 Å². The van der Waals surface area contributed by atoms with Gasteiger partial charge >= 0.3 is 0 Å². The Morgan fingerprint density at radius 1 is 1.17 bits per heavy atom. The third kappa shape index (κ3) is 4.21. The Balaban J connectivity index is 1.47. The Bertz CT molecular complexity index is 604. The quantitative estimate of drug-likeness (QED) is 0.909. The summed E-state index contributed by atoms with van der Waals surface area (Å²) in [4.78, 5) is 15.5. The minimum atomic E-state index is -0.417.